The summed E-state index contributed by atoms with van der Waals surface area (Å²) in [7, 11) is -4.03. The van der Waals surface area contributed by atoms with Crippen molar-refractivity contribution in [3.05, 3.63) is 23.5 Å². The summed E-state index contributed by atoms with van der Waals surface area (Å²) in [4.78, 5) is 11.2. The number of hydrogen-bond acceptors (Lipinski definition) is 5. The van der Waals surface area contributed by atoms with Gasteiger partial charge in [0.15, 0.2) is 0 Å². The molecule has 0 radical (unpaired) electrons. The number of benzene rings is 1. The summed E-state index contributed by atoms with van der Waals surface area (Å²) in [6, 6.07) is 2.23. The van der Waals surface area contributed by atoms with E-state index in [0.717, 1.165) is 10.4 Å². The highest BCUT2D eigenvalue weighted by molar-refractivity contribution is 7.89. The van der Waals surface area contributed by atoms with E-state index in [1.54, 1.807) is 13.8 Å². The van der Waals surface area contributed by atoms with Crippen LogP contribution in [-0.2, 0) is 19.6 Å². The Morgan fingerprint density at radius 1 is 1.38 bits per heavy atom. The third kappa shape index (κ3) is 3.92. The minimum Gasteiger partial charge on any atom is -0.465 e. The molecule has 0 fully saturated rings. The first-order chi connectivity index (χ1) is 9.73. The first kappa shape index (κ1) is 17.4. The van der Waals surface area contributed by atoms with Gasteiger partial charge in [-0.25, -0.2) is 12.8 Å². The molecule has 0 aliphatic carbocycles. The SMILES string of the molecule is CCOC(=O)CN(CC)S(=O)(=O)c1cc(N)cc(F)c1C. The number of esters is 1. The van der Waals surface area contributed by atoms with Crippen molar-refractivity contribution in [3.63, 3.8) is 0 Å². The number of ether oxygens (including phenoxy) is 1. The zero-order valence-electron chi connectivity index (χ0n) is 12.2. The van der Waals surface area contributed by atoms with Gasteiger partial charge in [-0.1, -0.05) is 6.92 Å². The Morgan fingerprint density at radius 2 is 2.00 bits per heavy atom. The fourth-order valence-electron chi connectivity index (χ4n) is 1.80. The normalized spacial score (nSPS) is 11.7. The van der Waals surface area contributed by atoms with E-state index in [-0.39, 0.29) is 29.3 Å². The number of anilines is 1. The average Bonchev–Trinajstić information content (AvgIpc) is 2.40. The molecule has 0 amide bonds. The molecule has 0 aromatic heterocycles. The van der Waals surface area contributed by atoms with E-state index in [0.29, 0.717) is 0 Å². The van der Waals surface area contributed by atoms with Gasteiger partial charge < -0.3 is 10.5 Å². The number of hydrogen-bond donors (Lipinski definition) is 1. The molecule has 0 aliphatic rings. The maximum atomic E-state index is 13.7. The van der Waals surface area contributed by atoms with Crippen LogP contribution in [0, 0.1) is 12.7 Å². The zero-order valence-corrected chi connectivity index (χ0v) is 13.0. The highest BCUT2D eigenvalue weighted by Gasteiger charge is 2.28. The summed E-state index contributed by atoms with van der Waals surface area (Å²) >= 11 is 0. The maximum Gasteiger partial charge on any atom is 0.321 e. The van der Waals surface area contributed by atoms with Crippen molar-refractivity contribution in [1.29, 1.82) is 0 Å². The lowest BCUT2D eigenvalue weighted by atomic mass is 10.2. The Labute approximate surface area is 123 Å². The van der Waals surface area contributed by atoms with Crippen LogP contribution in [0.2, 0.25) is 0 Å². The molecule has 1 aromatic rings. The van der Waals surface area contributed by atoms with Crippen molar-refractivity contribution in [2.24, 2.45) is 0 Å². The fourth-order valence-corrected chi connectivity index (χ4v) is 3.46. The minimum absolute atomic E-state index is 0.00358. The topological polar surface area (TPSA) is 89.7 Å². The van der Waals surface area contributed by atoms with Gasteiger partial charge in [0.05, 0.1) is 11.5 Å². The van der Waals surface area contributed by atoms with Crippen molar-refractivity contribution in [2.45, 2.75) is 25.7 Å². The molecule has 21 heavy (non-hydrogen) atoms. The highest BCUT2D eigenvalue weighted by atomic mass is 32.2. The number of carbonyl (C=O) groups excluding carboxylic acids is 1. The first-order valence-corrected chi connectivity index (χ1v) is 7.89. The second kappa shape index (κ2) is 6.86. The Bertz CT molecular complexity index is 631. The van der Waals surface area contributed by atoms with Gasteiger partial charge in [0.25, 0.3) is 0 Å². The standard InChI is InChI=1S/C13H19FN2O4S/c1-4-16(8-13(17)20-5-2)21(18,19)12-7-10(15)6-11(14)9(12)3/h6-7H,4-5,8,15H2,1-3H3. The number of rotatable bonds is 6. The van der Waals surface area contributed by atoms with Gasteiger partial charge >= 0.3 is 5.97 Å². The lowest BCUT2D eigenvalue weighted by Crippen LogP contribution is -2.36. The lowest BCUT2D eigenvalue weighted by molar-refractivity contribution is -0.143. The molecular formula is C13H19FN2O4S. The van der Waals surface area contributed by atoms with Gasteiger partial charge in [0.1, 0.15) is 12.4 Å². The van der Waals surface area contributed by atoms with E-state index in [1.807, 2.05) is 0 Å². The Balaban J connectivity index is 3.22. The van der Waals surface area contributed by atoms with Crippen LogP contribution >= 0.6 is 0 Å². The van der Waals surface area contributed by atoms with Crippen LogP contribution in [0.4, 0.5) is 10.1 Å². The van der Waals surface area contributed by atoms with Crippen LogP contribution in [0.5, 0.6) is 0 Å². The predicted octanol–water partition coefficient (Wildman–Crippen LogP) is 1.29. The Morgan fingerprint density at radius 3 is 2.52 bits per heavy atom. The van der Waals surface area contributed by atoms with E-state index < -0.39 is 28.4 Å². The zero-order chi connectivity index (χ0) is 16.2. The van der Waals surface area contributed by atoms with Crippen molar-refractivity contribution in [3.8, 4) is 0 Å². The molecule has 118 valence electrons. The Hall–Kier alpha value is -1.67. The number of nitrogens with zero attached hydrogens (tertiary/aromatic N) is 1. The molecule has 6 nitrogen and oxygen atoms in total. The van der Waals surface area contributed by atoms with Crippen LogP contribution in [0.15, 0.2) is 17.0 Å². The summed E-state index contributed by atoms with van der Waals surface area (Å²) in [6.07, 6.45) is 0. The molecule has 2 N–H and O–H groups in total. The molecule has 0 atom stereocenters. The average molecular weight is 318 g/mol. The fraction of sp³-hybridized carbons (Fsp3) is 0.462. The summed E-state index contributed by atoms with van der Waals surface area (Å²) in [5.74, 6) is -1.37. The number of carbonyl (C=O) groups is 1. The number of sulfonamides is 1. The molecular weight excluding hydrogens is 299 g/mol. The Kier molecular flexibility index (Phi) is 5.68. The first-order valence-electron chi connectivity index (χ1n) is 6.45. The number of nitrogen functional groups attached to an aromatic ring is 1. The van der Waals surface area contributed by atoms with Crippen LogP contribution in [-0.4, -0.2) is 38.4 Å². The molecule has 0 heterocycles. The quantitative estimate of drug-likeness (QED) is 0.630. The molecule has 0 saturated carbocycles. The molecule has 1 rings (SSSR count). The molecule has 0 saturated heterocycles. The monoisotopic (exact) mass is 318 g/mol. The third-order valence-corrected chi connectivity index (χ3v) is 4.95. The highest BCUT2D eigenvalue weighted by Crippen LogP contribution is 2.24. The molecule has 0 bridgehead atoms. The third-order valence-electron chi connectivity index (χ3n) is 2.90. The summed E-state index contributed by atoms with van der Waals surface area (Å²) < 4.78 is 44.4. The van der Waals surface area contributed by atoms with Crippen LogP contribution in [0.3, 0.4) is 0 Å². The van der Waals surface area contributed by atoms with E-state index in [2.05, 4.69) is 0 Å². The van der Waals surface area contributed by atoms with Crippen molar-refractivity contribution >= 4 is 21.7 Å². The molecule has 1 aromatic carbocycles. The minimum atomic E-state index is -4.03. The summed E-state index contributed by atoms with van der Waals surface area (Å²) in [6.45, 7) is 4.33. The van der Waals surface area contributed by atoms with Gasteiger partial charge in [-0.05, 0) is 26.0 Å². The van der Waals surface area contributed by atoms with Crippen LogP contribution < -0.4 is 5.73 Å². The summed E-state index contributed by atoms with van der Waals surface area (Å²) in [5, 5.41) is 0. The van der Waals surface area contributed by atoms with Gasteiger partial charge in [0.2, 0.25) is 10.0 Å². The van der Waals surface area contributed by atoms with Gasteiger partial charge in [-0.3, -0.25) is 4.79 Å². The lowest BCUT2D eigenvalue weighted by Gasteiger charge is -2.21. The van der Waals surface area contributed by atoms with E-state index in [4.69, 9.17) is 10.5 Å². The number of nitrogens with two attached hydrogens (primary N) is 1. The van der Waals surface area contributed by atoms with Crippen LogP contribution in [0.25, 0.3) is 0 Å². The van der Waals surface area contributed by atoms with Crippen molar-refractivity contribution in [1.82, 2.24) is 4.31 Å². The maximum absolute atomic E-state index is 13.7. The second-order valence-corrected chi connectivity index (χ2v) is 6.27. The predicted molar refractivity (Wildman–Crippen MR) is 76.6 cm³/mol. The molecule has 0 spiro atoms. The number of likely N-dealkylation sites (N-methyl/N-ethyl adjacent to an activating group) is 1. The number of halogens is 1. The van der Waals surface area contributed by atoms with Crippen LogP contribution in [0.1, 0.15) is 19.4 Å². The van der Waals surface area contributed by atoms with Gasteiger partial charge in [-0.2, -0.15) is 4.31 Å². The molecule has 0 unspecified atom stereocenters. The smallest absolute Gasteiger partial charge is 0.321 e. The van der Waals surface area contributed by atoms with Crippen molar-refractivity contribution < 1.29 is 22.3 Å². The van der Waals surface area contributed by atoms with Gasteiger partial charge in [0, 0.05) is 17.8 Å². The van der Waals surface area contributed by atoms with E-state index in [1.165, 1.54) is 13.0 Å². The largest absolute Gasteiger partial charge is 0.465 e. The van der Waals surface area contributed by atoms with E-state index in [9.17, 15) is 17.6 Å². The van der Waals surface area contributed by atoms with Crippen molar-refractivity contribution in [2.75, 3.05) is 25.4 Å². The second-order valence-electron chi connectivity index (χ2n) is 4.36. The molecule has 0 aliphatic heterocycles. The summed E-state index contributed by atoms with van der Waals surface area (Å²) in [5.41, 5.74) is 5.47. The van der Waals surface area contributed by atoms with E-state index >= 15 is 0 Å². The molecule has 8 heteroatoms. The van der Waals surface area contributed by atoms with Gasteiger partial charge in [-0.15, -0.1) is 0 Å².